The molecule has 1 heteroatoms. The fourth-order valence-electron chi connectivity index (χ4n) is 1.65. The van der Waals surface area contributed by atoms with E-state index in [4.69, 9.17) is 0 Å². The lowest BCUT2D eigenvalue weighted by molar-refractivity contribution is 0.177. The van der Waals surface area contributed by atoms with E-state index in [1.165, 1.54) is 5.56 Å². The monoisotopic (exact) mass is 204 g/mol. The van der Waals surface area contributed by atoms with E-state index in [1.807, 2.05) is 13.8 Å². The van der Waals surface area contributed by atoms with Gasteiger partial charge in [0.05, 0.1) is 6.10 Å². The van der Waals surface area contributed by atoms with Crippen molar-refractivity contribution in [2.45, 2.75) is 39.7 Å². The molecule has 0 radical (unpaired) electrons. The molecular formula is C14H20O. The first-order chi connectivity index (χ1) is 7.04. The highest BCUT2D eigenvalue weighted by molar-refractivity contribution is 5.32. The van der Waals surface area contributed by atoms with E-state index < -0.39 is 6.10 Å². The average molecular weight is 204 g/mol. The Morgan fingerprint density at radius 2 is 2.07 bits per heavy atom. The third kappa shape index (κ3) is 3.21. The highest BCUT2D eigenvalue weighted by Gasteiger charge is 2.11. The quantitative estimate of drug-likeness (QED) is 0.741. The van der Waals surface area contributed by atoms with E-state index in [1.54, 1.807) is 0 Å². The Kier molecular flexibility index (Phi) is 4.10. The van der Waals surface area contributed by atoms with Crippen LogP contribution in [0.2, 0.25) is 0 Å². The first kappa shape index (κ1) is 12.0. The molecule has 0 spiro atoms. The summed E-state index contributed by atoms with van der Waals surface area (Å²) in [5.41, 5.74) is 4.47. The van der Waals surface area contributed by atoms with Crippen LogP contribution < -0.4 is 0 Å². The van der Waals surface area contributed by atoms with Crippen LogP contribution in [0.1, 0.15) is 42.6 Å². The van der Waals surface area contributed by atoms with Gasteiger partial charge in [0, 0.05) is 0 Å². The number of rotatable bonds is 4. The zero-order valence-corrected chi connectivity index (χ0v) is 9.88. The van der Waals surface area contributed by atoms with Crippen LogP contribution in [0.25, 0.3) is 0 Å². The molecular weight excluding hydrogens is 184 g/mol. The van der Waals surface area contributed by atoms with Crippen molar-refractivity contribution in [1.29, 1.82) is 0 Å². The van der Waals surface area contributed by atoms with Gasteiger partial charge in [-0.3, -0.25) is 0 Å². The summed E-state index contributed by atoms with van der Waals surface area (Å²) in [5, 5.41) is 10.1. The zero-order valence-electron chi connectivity index (χ0n) is 9.88. The molecule has 0 saturated carbocycles. The van der Waals surface area contributed by atoms with E-state index in [-0.39, 0.29) is 0 Å². The van der Waals surface area contributed by atoms with Crippen LogP contribution in [0, 0.1) is 13.8 Å². The van der Waals surface area contributed by atoms with Gasteiger partial charge in [0.25, 0.3) is 0 Å². The average Bonchev–Trinajstić information content (AvgIpc) is 2.21. The molecule has 0 aliphatic heterocycles. The minimum Gasteiger partial charge on any atom is -0.388 e. The summed E-state index contributed by atoms with van der Waals surface area (Å²) in [7, 11) is 0. The predicted octanol–water partition coefficient (Wildman–Crippen LogP) is 3.69. The summed E-state index contributed by atoms with van der Waals surface area (Å²) in [6.07, 6.45) is 1.19. The molecule has 1 atom stereocenters. The summed E-state index contributed by atoms with van der Waals surface area (Å²) in [6.45, 7) is 10.1. The van der Waals surface area contributed by atoms with Crippen LogP contribution in [-0.2, 0) is 0 Å². The molecule has 1 N–H and O–H groups in total. The lowest BCUT2D eigenvalue weighted by Crippen LogP contribution is -2.01. The molecule has 1 aromatic carbocycles. The minimum atomic E-state index is -0.405. The number of hydrogen-bond acceptors (Lipinski definition) is 1. The van der Waals surface area contributed by atoms with Crippen molar-refractivity contribution in [3.05, 3.63) is 47.0 Å². The molecule has 0 bridgehead atoms. The van der Waals surface area contributed by atoms with Crippen molar-refractivity contribution in [3.8, 4) is 0 Å². The minimum absolute atomic E-state index is 0.405. The maximum atomic E-state index is 10.1. The number of benzene rings is 1. The first-order valence-corrected chi connectivity index (χ1v) is 5.46. The van der Waals surface area contributed by atoms with Gasteiger partial charge in [0.15, 0.2) is 0 Å². The topological polar surface area (TPSA) is 20.2 Å². The Hall–Kier alpha value is -1.08. The van der Waals surface area contributed by atoms with E-state index in [2.05, 4.69) is 31.7 Å². The van der Waals surface area contributed by atoms with Crippen molar-refractivity contribution >= 4 is 0 Å². The molecule has 1 unspecified atom stereocenters. The first-order valence-electron chi connectivity index (χ1n) is 5.46. The van der Waals surface area contributed by atoms with Gasteiger partial charge in [-0.2, -0.15) is 0 Å². The molecule has 1 rings (SSSR count). The maximum Gasteiger partial charge on any atom is 0.0829 e. The second-order valence-corrected chi connectivity index (χ2v) is 4.18. The summed E-state index contributed by atoms with van der Waals surface area (Å²) in [4.78, 5) is 0. The highest BCUT2D eigenvalue weighted by Crippen LogP contribution is 2.25. The number of aliphatic hydroxyl groups excluding tert-OH is 1. The Bertz CT molecular complexity index is 352. The molecule has 1 aromatic rings. The molecule has 1 nitrogen and oxygen atoms in total. The van der Waals surface area contributed by atoms with Crippen molar-refractivity contribution in [2.24, 2.45) is 0 Å². The Morgan fingerprint density at radius 1 is 1.40 bits per heavy atom. The van der Waals surface area contributed by atoms with Crippen LogP contribution in [-0.4, -0.2) is 5.11 Å². The SMILES string of the molecule is C=C(CC)CC(O)c1cc(C)ccc1C. The lowest BCUT2D eigenvalue weighted by atomic mass is 9.96. The second-order valence-electron chi connectivity index (χ2n) is 4.18. The fraction of sp³-hybridized carbons (Fsp3) is 0.429. The Morgan fingerprint density at radius 3 is 2.67 bits per heavy atom. The van der Waals surface area contributed by atoms with Crippen molar-refractivity contribution < 1.29 is 5.11 Å². The van der Waals surface area contributed by atoms with E-state index in [0.29, 0.717) is 6.42 Å². The predicted molar refractivity (Wildman–Crippen MR) is 64.9 cm³/mol. The van der Waals surface area contributed by atoms with Gasteiger partial charge in [-0.15, -0.1) is 0 Å². The van der Waals surface area contributed by atoms with Gasteiger partial charge >= 0.3 is 0 Å². The van der Waals surface area contributed by atoms with Crippen molar-refractivity contribution in [3.63, 3.8) is 0 Å². The standard InChI is InChI=1S/C14H20O/c1-5-10(2)9-14(15)13-8-11(3)6-7-12(13)4/h6-8,14-15H,2,5,9H2,1,3-4H3. The Labute approximate surface area is 92.5 Å². The number of aliphatic hydroxyl groups is 1. The third-order valence-corrected chi connectivity index (χ3v) is 2.78. The van der Waals surface area contributed by atoms with Crippen LogP contribution in [0.3, 0.4) is 0 Å². The largest absolute Gasteiger partial charge is 0.388 e. The molecule has 0 aliphatic carbocycles. The second kappa shape index (κ2) is 5.13. The van der Waals surface area contributed by atoms with Gasteiger partial charge in [-0.25, -0.2) is 0 Å². The molecule has 0 saturated heterocycles. The van der Waals surface area contributed by atoms with Crippen molar-refractivity contribution in [2.75, 3.05) is 0 Å². The van der Waals surface area contributed by atoms with Gasteiger partial charge in [0.2, 0.25) is 0 Å². The van der Waals surface area contributed by atoms with Crippen molar-refractivity contribution in [1.82, 2.24) is 0 Å². The third-order valence-electron chi connectivity index (χ3n) is 2.78. The summed E-state index contributed by atoms with van der Waals surface area (Å²) < 4.78 is 0. The summed E-state index contributed by atoms with van der Waals surface area (Å²) >= 11 is 0. The molecule has 82 valence electrons. The zero-order chi connectivity index (χ0) is 11.4. The molecule has 0 aliphatic rings. The molecule has 0 fully saturated rings. The van der Waals surface area contributed by atoms with E-state index in [9.17, 15) is 5.11 Å². The lowest BCUT2D eigenvalue weighted by Gasteiger charge is -2.15. The fourth-order valence-corrected chi connectivity index (χ4v) is 1.65. The Balaban J connectivity index is 2.85. The number of hydrogen-bond donors (Lipinski definition) is 1. The molecule has 0 heterocycles. The van der Waals surface area contributed by atoms with Crippen LogP contribution >= 0.6 is 0 Å². The number of aryl methyl sites for hydroxylation is 2. The van der Waals surface area contributed by atoms with Crippen LogP contribution in [0.5, 0.6) is 0 Å². The van der Waals surface area contributed by atoms with Gasteiger partial charge < -0.3 is 5.11 Å². The normalized spacial score (nSPS) is 12.5. The van der Waals surface area contributed by atoms with Gasteiger partial charge in [-0.1, -0.05) is 42.8 Å². The summed E-state index contributed by atoms with van der Waals surface area (Å²) in [5.74, 6) is 0. The van der Waals surface area contributed by atoms with Crippen LogP contribution in [0.4, 0.5) is 0 Å². The molecule has 15 heavy (non-hydrogen) atoms. The highest BCUT2D eigenvalue weighted by atomic mass is 16.3. The van der Waals surface area contributed by atoms with Crippen LogP contribution in [0.15, 0.2) is 30.4 Å². The molecule has 0 aromatic heterocycles. The van der Waals surface area contributed by atoms with Gasteiger partial charge in [-0.05, 0) is 37.8 Å². The molecule has 0 amide bonds. The smallest absolute Gasteiger partial charge is 0.0829 e. The van der Waals surface area contributed by atoms with E-state index in [0.717, 1.165) is 23.1 Å². The summed E-state index contributed by atoms with van der Waals surface area (Å²) in [6, 6.07) is 6.19. The van der Waals surface area contributed by atoms with E-state index >= 15 is 0 Å². The van der Waals surface area contributed by atoms with Gasteiger partial charge in [0.1, 0.15) is 0 Å². The maximum absolute atomic E-state index is 10.1.